The Morgan fingerprint density at radius 3 is 2.50 bits per heavy atom. The van der Waals surface area contributed by atoms with E-state index in [0.717, 1.165) is 32.2 Å². The first-order valence-corrected chi connectivity index (χ1v) is 9.36. The third-order valence-corrected chi connectivity index (χ3v) is 6.38. The molecular formula is C14H29N3O2S. The summed E-state index contributed by atoms with van der Waals surface area (Å²) in [5, 5.41) is 3.41. The third kappa shape index (κ3) is 4.41. The van der Waals surface area contributed by atoms with Crippen LogP contribution < -0.4 is 10.0 Å². The van der Waals surface area contributed by atoms with E-state index < -0.39 is 10.2 Å². The fraction of sp³-hybridized carbons (Fsp3) is 1.00. The molecule has 0 aromatic heterocycles. The minimum atomic E-state index is -3.31. The van der Waals surface area contributed by atoms with Crippen LogP contribution in [0, 0.1) is 5.41 Å². The maximum Gasteiger partial charge on any atom is 0.279 e. The van der Waals surface area contributed by atoms with Crippen LogP contribution in [0.1, 0.15) is 51.9 Å². The van der Waals surface area contributed by atoms with Gasteiger partial charge in [0.25, 0.3) is 10.2 Å². The third-order valence-electron chi connectivity index (χ3n) is 4.86. The zero-order valence-corrected chi connectivity index (χ0v) is 13.6. The summed E-state index contributed by atoms with van der Waals surface area (Å²) in [5.41, 5.74) is 0.224. The number of nitrogens with zero attached hydrogens (tertiary/aromatic N) is 1. The molecule has 2 aliphatic rings. The van der Waals surface area contributed by atoms with Gasteiger partial charge in [0.2, 0.25) is 0 Å². The summed E-state index contributed by atoms with van der Waals surface area (Å²) in [7, 11) is -1.64. The van der Waals surface area contributed by atoms with Crippen LogP contribution in [0.5, 0.6) is 0 Å². The molecule has 2 rings (SSSR count). The van der Waals surface area contributed by atoms with Gasteiger partial charge in [-0.2, -0.15) is 12.7 Å². The van der Waals surface area contributed by atoms with Crippen molar-refractivity contribution in [2.45, 2.75) is 57.9 Å². The number of rotatable bonds is 10. The summed E-state index contributed by atoms with van der Waals surface area (Å²) in [5.74, 6) is 0. The van der Waals surface area contributed by atoms with Crippen molar-refractivity contribution < 1.29 is 8.42 Å². The van der Waals surface area contributed by atoms with Crippen molar-refractivity contribution in [3.05, 3.63) is 0 Å². The van der Waals surface area contributed by atoms with Crippen molar-refractivity contribution in [2.75, 3.05) is 26.7 Å². The van der Waals surface area contributed by atoms with E-state index in [-0.39, 0.29) is 5.41 Å². The van der Waals surface area contributed by atoms with Crippen LogP contribution in [0.25, 0.3) is 0 Å². The van der Waals surface area contributed by atoms with Crippen molar-refractivity contribution >= 4 is 10.2 Å². The number of nitrogens with one attached hydrogen (secondary N) is 2. The molecule has 0 aromatic rings. The SMILES string of the molecule is CCC1(CNS(=O)(=O)N(C)CCCNC2CC2)CCC1. The molecule has 0 unspecified atom stereocenters. The molecule has 2 saturated carbocycles. The van der Waals surface area contributed by atoms with E-state index in [4.69, 9.17) is 0 Å². The zero-order valence-electron chi connectivity index (χ0n) is 12.8. The Labute approximate surface area is 123 Å². The monoisotopic (exact) mass is 303 g/mol. The fourth-order valence-corrected chi connectivity index (χ4v) is 3.78. The predicted octanol–water partition coefficient (Wildman–Crippen LogP) is 1.47. The van der Waals surface area contributed by atoms with Gasteiger partial charge in [0.05, 0.1) is 0 Å². The summed E-state index contributed by atoms with van der Waals surface area (Å²) in [6.45, 7) is 4.23. The van der Waals surface area contributed by atoms with Gasteiger partial charge in [0.1, 0.15) is 0 Å². The van der Waals surface area contributed by atoms with Gasteiger partial charge < -0.3 is 5.32 Å². The van der Waals surface area contributed by atoms with Crippen LogP contribution in [-0.4, -0.2) is 45.4 Å². The van der Waals surface area contributed by atoms with E-state index >= 15 is 0 Å². The Kier molecular flexibility index (Phi) is 5.45. The molecule has 2 aliphatic carbocycles. The second-order valence-electron chi connectivity index (χ2n) is 6.44. The Hall–Kier alpha value is -0.170. The highest BCUT2D eigenvalue weighted by Gasteiger charge is 2.36. The normalized spacial score (nSPS) is 21.9. The van der Waals surface area contributed by atoms with E-state index in [1.165, 1.54) is 23.6 Å². The van der Waals surface area contributed by atoms with Gasteiger partial charge in [-0.15, -0.1) is 0 Å². The summed E-state index contributed by atoms with van der Waals surface area (Å²) in [6, 6.07) is 0.693. The molecule has 118 valence electrons. The zero-order chi connectivity index (χ0) is 14.6. The maximum absolute atomic E-state index is 12.2. The summed E-state index contributed by atoms with van der Waals surface area (Å²) < 4.78 is 28.6. The molecular weight excluding hydrogens is 274 g/mol. The summed E-state index contributed by atoms with van der Waals surface area (Å²) in [6.07, 6.45) is 8.02. The molecule has 0 heterocycles. The lowest BCUT2D eigenvalue weighted by molar-refractivity contribution is 0.132. The Morgan fingerprint density at radius 1 is 1.30 bits per heavy atom. The average molecular weight is 303 g/mol. The molecule has 0 aliphatic heterocycles. The molecule has 0 atom stereocenters. The highest BCUT2D eigenvalue weighted by atomic mass is 32.2. The highest BCUT2D eigenvalue weighted by molar-refractivity contribution is 7.87. The molecule has 6 heteroatoms. The average Bonchev–Trinajstić information content (AvgIpc) is 3.17. The van der Waals surface area contributed by atoms with Gasteiger partial charge in [0, 0.05) is 26.2 Å². The quantitative estimate of drug-likeness (QED) is 0.601. The first-order valence-electron chi connectivity index (χ1n) is 7.92. The number of hydrogen-bond acceptors (Lipinski definition) is 3. The molecule has 0 aromatic carbocycles. The second kappa shape index (κ2) is 6.73. The second-order valence-corrected chi connectivity index (χ2v) is 8.30. The smallest absolute Gasteiger partial charge is 0.279 e. The van der Waals surface area contributed by atoms with Crippen molar-refractivity contribution in [1.29, 1.82) is 0 Å². The van der Waals surface area contributed by atoms with Crippen molar-refractivity contribution in [2.24, 2.45) is 5.41 Å². The van der Waals surface area contributed by atoms with Crippen LogP contribution >= 0.6 is 0 Å². The largest absolute Gasteiger partial charge is 0.314 e. The maximum atomic E-state index is 12.2. The van der Waals surface area contributed by atoms with Crippen LogP contribution in [0.15, 0.2) is 0 Å². The molecule has 0 amide bonds. The topological polar surface area (TPSA) is 61.4 Å². The lowest BCUT2D eigenvalue weighted by Crippen LogP contribution is -2.46. The van der Waals surface area contributed by atoms with Gasteiger partial charge in [-0.25, -0.2) is 4.72 Å². The van der Waals surface area contributed by atoms with Gasteiger partial charge in [-0.3, -0.25) is 0 Å². The van der Waals surface area contributed by atoms with Gasteiger partial charge in [-0.1, -0.05) is 13.3 Å². The molecule has 2 fully saturated rings. The first kappa shape index (κ1) is 16.2. The van der Waals surface area contributed by atoms with Crippen molar-refractivity contribution in [3.8, 4) is 0 Å². The molecule has 20 heavy (non-hydrogen) atoms. The summed E-state index contributed by atoms with van der Waals surface area (Å²) in [4.78, 5) is 0. The minimum Gasteiger partial charge on any atom is -0.314 e. The Balaban J connectivity index is 1.67. The van der Waals surface area contributed by atoms with E-state index in [0.29, 0.717) is 19.1 Å². The van der Waals surface area contributed by atoms with E-state index in [1.807, 2.05) is 0 Å². The Bertz CT molecular complexity index is 397. The molecule has 0 bridgehead atoms. The lowest BCUT2D eigenvalue weighted by atomic mass is 9.67. The molecule has 0 radical (unpaired) electrons. The summed E-state index contributed by atoms with van der Waals surface area (Å²) >= 11 is 0. The van der Waals surface area contributed by atoms with Crippen molar-refractivity contribution in [3.63, 3.8) is 0 Å². The van der Waals surface area contributed by atoms with Crippen LogP contribution in [0.4, 0.5) is 0 Å². The minimum absolute atomic E-state index is 0.224. The van der Waals surface area contributed by atoms with Gasteiger partial charge in [-0.05, 0) is 50.5 Å². The standard InChI is InChI=1S/C14H29N3O2S/c1-3-14(8-4-9-14)12-16-20(18,19)17(2)11-5-10-15-13-6-7-13/h13,15-16H,3-12H2,1-2H3. The van der Waals surface area contributed by atoms with E-state index in [2.05, 4.69) is 17.0 Å². The van der Waals surface area contributed by atoms with Crippen LogP contribution in [0.2, 0.25) is 0 Å². The predicted molar refractivity (Wildman–Crippen MR) is 81.8 cm³/mol. The van der Waals surface area contributed by atoms with Crippen molar-refractivity contribution in [1.82, 2.24) is 14.3 Å². The Morgan fingerprint density at radius 2 is 2.00 bits per heavy atom. The molecule has 5 nitrogen and oxygen atoms in total. The highest BCUT2D eigenvalue weighted by Crippen LogP contribution is 2.43. The van der Waals surface area contributed by atoms with Gasteiger partial charge >= 0.3 is 0 Å². The van der Waals surface area contributed by atoms with Crippen LogP contribution in [0.3, 0.4) is 0 Å². The molecule has 2 N–H and O–H groups in total. The lowest BCUT2D eigenvalue weighted by Gasteiger charge is -2.41. The fourth-order valence-electron chi connectivity index (χ4n) is 2.70. The molecule has 0 saturated heterocycles. The number of hydrogen-bond donors (Lipinski definition) is 2. The first-order chi connectivity index (χ1) is 9.47. The van der Waals surface area contributed by atoms with E-state index in [9.17, 15) is 8.42 Å². The van der Waals surface area contributed by atoms with Crippen LogP contribution in [-0.2, 0) is 10.2 Å². The van der Waals surface area contributed by atoms with Gasteiger partial charge in [0.15, 0.2) is 0 Å². The van der Waals surface area contributed by atoms with E-state index in [1.54, 1.807) is 7.05 Å². The molecule has 0 spiro atoms.